The van der Waals surface area contributed by atoms with E-state index in [1.54, 1.807) is 0 Å². The highest BCUT2D eigenvalue weighted by atomic mass is 16.3. The summed E-state index contributed by atoms with van der Waals surface area (Å²) in [6.07, 6.45) is 0.457. The Hall–Kier alpha value is -0.0800. The molecule has 3 N–H and O–H groups in total. The highest BCUT2D eigenvalue weighted by Gasteiger charge is 2.25. The summed E-state index contributed by atoms with van der Waals surface area (Å²) in [7, 11) is 0. The summed E-state index contributed by atoms with van der Waals surface area (Å²) in [6.45, 7) is 9.05. The number of aliphatic hydroxyl groups is 1. The maximum Gasteiger partial charge on any atom is 0.0582 e. The molecule has 0 spiro atoms. The highest BCUT2D eigenvalue weighted by molar-refractivity contribution is 4.76. The Morgan fingerprint density at radius 1 is 1.36 bits per heavy atom. The third kappa shape index (κ3) is 3.73. The van der Waals surface area contributed by atoms with Gasteiger partial charge in [0.2, 0.25) is 0 Å². The molecule has 0 rings (SSSR count). The topological polar surface area (TPSA) is 46.2 Å². The lowest BCUT2D eigenvalue weighted by Gasteiger charge is -2.31. The molecule has 2 nitrogen and oxygen atoms in total. The first-order valence-electron chi connectivity index (χ1n) is 4.27. The molecule has 0 aliphatic heterocycles. The molecule has 11 heavy (non-hydrogen) atoms. The maximum atomic E-state index is 9.57. The van der Waals surface area contributed by atoms with Gasteiger partial charge in [-0.1, -0.05) is 27.7 Å². The lowest BCUT2D eigenvalue weighted by Crippen LogP contribution is -2.31. The van der Waals surface area contributed by atoms with Crippen LogP contribution in [0.15, 0.2) is 0 Å². The van der Waals surface area contributed by atoms with Gasteiger partial charge in [0.15, 0.2) is 0 Å². The van der Waals surface area contributed by atoms with Gasteiger partial charge < -0.3 is 10.8 Å². The van der Waals surface area contributed by atoms with Gasteiger partial charge in [0.05, 0.1) is 6.10 Å². The molecule has 0 aliphatic rings. The number of rotatable bonds is 3. The van der Waals surface area contributed by atoms with Crippen LogP contribution in [-0.2, 0) is 0 Å². The van der Waals surface area contributed by atoms with Crippen LogP contribution in [0.3, 0.4) is 0 Å². The molecule has 0 heterocycles. The normalized spacial score (nSPS) is 18.0. The molecule has 0 amide bonds. The van der Waals surface area contributed by atoms with Crippen molar-refractivity contribution in [1.29, 1.82) is 0 Å². The third-order valence-electron chi connectivity index (χ3n) is 2.41. The van der Waals surface area contributed by atoms with Gasteiger partial charge in [-0.15, -0.1) is 0 Å². The van der Waals surface area contributed by atoms with Crippen LogP contribution in [0, 0.1) is 11.3 Å². The lowest BCUT2D eigenvalue weighted by molar-refractivity contribution is 0.0497. The standard InChI is InChI=1S/C9H21NO/c1-7(9(2,3)4)8(11)5-6-10/h7-8,11H,5-6,10H2,1-4H3. The highest BCUT2D eigenvalue weighted by Crippen LogP contribution is 2.28. The van der Waals surface area contributed by atoms with E-state index in [0.717, 1.165) is 0 Å². The molecule has 0 aromatic heterocycles. The minimum Gasteiger partial charge on any atom is -0.393 e. The molecule has 2 atom stereocenters. The second-order valence-corrected chi connectivity index (χ2v) is 4.30. The average Bonchev–Trinajstić information content (AvgIpc) is 1.85. The van der Waals surface area contributed by atoms with E-state index in [-0.39, 0.29) is 11.5 Å². The van der Waals surface area contributed by atoms with Crippen molar-refractivity contribution in [3.63, 3.8) is 0 Å². The smallest absolute Gasteiger partial charge is 0.0582 e. The molecule has 0 aromatic rings. The van der Waals surface area contributed by atoms with Crippen LogP contribution in [0.25, 0.3) is 0 Å². The number of nitrogens with two attached hydrogens (primary N) is 1. The van der Waals surface area contributed by atoms with E-state index in [1.165, 1.54) is 0 Å². The van der Waals surface area contributed by atoms with E-state index in [1.807, 2.05) is 0 Å². The number of aliphatic hydroxyl groups excluding tert-OH is 1. The van der Waals surface area contributed by atoms with Gasteiger partial charge in [-0.05, 0) is 24.3 Å². The van der Waals surface area contributed by atoms with E-state index in [4.69, 9.17) is 5.73 Å². The monoisotopic (exact) mass is 159 g/mol. The SMILES string of the molecule is CC(C(O)CCN)C(C)(C)C. The van der Waals surface area contributed by atoms with Crippen LogP contribution in [0.2, 0.25) is 0 Å². The maximum absolute atomic E-state index is 9.57. The first kappa shape index (κ1) is 10.9. The summed E-state index contributed by atoms with van der Waals surface area (Å²) in [5.41, 5.74) is 5.53. The van der Waals surface area contributed by atoms with Gasteiger partial charge in [-0.25, -0.2) is 0 Å². The number of hydrogen-bond donors (Lipinski definition) is 2. The molecule has 2 unspecified atom stereocenters. The van der Waals surface area contributed by atoms with E-state index >= 15 is 0 Å². The molecule has 68 valence electrons. The van der Waals surface area contributed by atoms with Crippen molar-refractivity contribution in [3.05, 3.63) is 0 Å². The Labute approximate surface area is 69.8 Å². The largest absolute Gasteiger partial charge is 0.393 e. The van der Waals surface area contributed by atoms with Crippen molar-refractivity contribution in [2.45, 2.75) is 40.2 Å². The quantitative estimate of drug-likeness (QED) is 0.653. The van der Waals surface area contributed by atoms with Crippen molar-refractivity contribution in [3.8, 4) is 0 Å². The summed E-state index contributed by atoms with van der Waals surface area (Å²) in [6, 6.07) is 0. The fraction of sp³-hybridized carbons (Fsp3) is 1.00. The van der Waals surface area contributed by atoms with E-state index in [2.05, 4.69) is 27.7 Å². The van der Waals surface area contributed by atoms with Crippen LogP contribution < -0.4 is 5.73 Å². The van der Waals surface area contributed by atoms with Crippen molar-refractivity contribution in [2.24, 2.45) is 17.1 Å². The Balaban J connectivity index is 3.91. The molecule has 2 heteroatoms. The van der Waals surface area contributed by atoms with Gasteiger partial charge >= 0.3 is 0 Å². The number of hydrogen-bond acceptors (Lipinski definition) is 2. The van der Waals surface area contributed by atoms with Gasteiger partial charge in [0, 0.05) is 0 Å². The first-order valence-corrected chi connectivity index (χ1v) is 4.27. The molecule has 0 bridgehead atoms. The predicted molar refractivity (Wildman–Crippen MR) is 48.3 cm³/mol. The van der Waals surface area contributed by atoms with Crippen LogP contribution >= 0.6 is 0 Å². The van der Waals surface area contributed by atoms with E-state index < -0.39 is 0 Å². The Morgan fingerprint density at radius 3 is 2.09 bits per heavy atom. The lowest BCUT2D eigenvalue weighted by atomic mass is 9.78. The summed E-state index contributed by atoms with van der Waals surface area (Å²) in [5.74, 6) is 0.311. The third-order valence-corrected chi connectivity index (χ3v) is 2.41. The fourth-order valence-electron chi connectivity index (χ4n) is 0.998. The zero-order chi connectivity index (χ0) is 9.07. The minimum absolute atomic E-state index is 0.175. The summed E-state index contributed by atoms with van der Waals surface area (Å²) in [5, 5.41) is 9.57. The Morgan fingerprint density at radius 2 is 1.82 bits per heavy atom. The summed E-state index contributed by atoms with van der Waals surface area (Å²) in [4.78, 5) is 0. The first-order chi connectivity index (χ1) is 4.89. The van der Waals surface area contributed by atoms with E-state index in [0.29, 0.717) is 18.9 Å². The van der Waals surface area contributed by atoms with Crippen LogP contribution in [0.1, 0.15) is 34.1 Å². The molecule has 0 fully saturated rings. The van der Waals surface area contributed by atoms with Gasteiger partial charge in [0.25, 0.3) is 0 Å². The Bertz CT molecular complexity index is 107. The van der Waals surface area contributed by atoms with Crippen LogP contribution in [0.4, 0.5) is 0 Å². The van der Waals surface area contributed by atoms with E-state index in [9.17, 15) is 5.11 Å². The minimum atomic E-state index is -0.250. The molecule has 0 saturated carbocycles. The molecular formula is C9H21NO. The zero-order valence-electron chi connectivity index (χ0n) is 8.09. The predicted octanol–water partition coefficient (Wildman–Crippen LogP) is 1.38. The van der Waals surface area contributed by atoms with Crippen molar-refractivity contribution in [1.82, 2.24) is 0 Å². The second kappa shape index (κ2) is 4.07. The van der Waals surface area contributed by atoms with Crippen molar-refractivity contribution in [2.75, 3.05) is 6.54 Å². The van der Waals surface area contributed by atoms with Gasteiger partial charge in [-0.2, -0.15) is 0 Å². The van der Waals surface area contributed by atoms with Crippen LogP contribution in [-0.4, -0.2) is 17.8 Å². The van der Waals surface area contributed by atoms with Crippen LogP contribution in [0.5, 0.6) is 0 Å². The fourth-order valence-corrected chi connectivity index (χ4v) is 0.998. The van der Waals surface area contributed by atoms with Gasteiger partial charge in [0.1, 0.15) is 0 Å². The molecule has 0 aliphatic carbocycles. The summed E-state index contributed by atoms with van der Waals surface area (Å²) >= 11 is 0. The van der Waals surface area contributed by atoms with Crippen molar-refractivity contribution < 1.29 is 5.11 Å². The molecule has 0 radical (unpaired) electrons. The zero-order valence-corrected chi connectivity index (χ0v) is 8.09. The molecule has 0 saturated heterocycles. The average molecular weight is 159 g/mol. The summed E-state index contributed by atoms with van der Waals surface area (Å²) < 4.78 is 0. The molecule has 0 aromatic carbocycles. The van der Waals surface area contributed by atoms with Crippen molar-refractivity contribution >= 4 is 0 Å². The Kier molecular flexibility index (Phi) is 4.04. The molecular weight excluding hydrogens is 138 g/mol. The van der Waals surface area contributed by atoms with Gasteiger partial charge in [-0.3, -0.25) is 0 Å². The second-order valence-electron chi connectivity index (χ2n) is 4.30.